The fourth-order valence-corrected chi connectivity index (χ4v) is 2.96. The maximum Gasteiger partial charge on any atom is 0.0413 e. The van der Waals surface area contributed by atoms with Crippen LogP contribution in [0.15, 0.2) is 15.9 Å². The summed E-state index contributed by atoms with van der Waals surface area (Å²) >= 11 is 5.25. The summed E-state index contributed by atoms with van der Waals surface area (Å²) < 4.78 is 1.17. The van der Waals surface area contributed by atoms with Gasteiger partial charge in [-0.2, -0.15) is 0 Å². The highest BCUT2D eigenvalue weighted by molar-refractivity contribution is 9.10. The maximum absolute atomic E-state index is 5.75. The van der Waals surface area contributed by atoms with Crippen LogP contribution in [0.5, 0.6) is 0 Å². The van der Waals surface area contributed by atoms with E-state index in [1.54, 1.807) is 11.3 Å². The van der Waals surface area contributed by atoms with E-state index < -0.39 is 0 Å². The summed E-state index contributed by atoms with van der Waals surface area (Å²) in [5.74, 6) is 0. The molecule has 1 heterocycles. The van der Waals surface area contributed by atoms with Crippen LogP contribution in [0.3, 0.4) is 0 Å². The molecule has 0 spiro atoms. The monoisotopic (exact) mass is 276 g/mol. The third-order valence-electron chi connectivity index (χ3n) is 2.19. The Balaban J connectivity index is 2.54. The standard InChI is InChI=1S/C10H17BrN2S/c1-7(12)3-4-9(13-2)10-5-8(11)6-14-10/h5-7,9,13H,3-4,12H2,1-2H3. The molecule has 0 bridgehead atoms. The van der Waals surface area contributed by atoms with Gasteiger partial charge in [-0.25, -0.2) is 0 Å². The summed E-state index contributed by atoms with van der Waals surface area (Å²) in [6, 6.07) is 2.90. The molecule has 1 rings (SSSR count). The predicted molar refractivity (Wildman–Crippen MR) is 66.7 cm³/mol. The van der Waals surface area contributed by atoms with Gasteiger partial charge in [-0.15, -0.1) is 11.3 Å². The lowest BCUT2D eigenvalue weighted by molar-refractivity contribution is 0.502. The molecule has 2 nitrogen and oxygen atoms in total. The van der Waals surface area contributed by atoms with Gasteiger partial charge in [0.2, 0.25) is 0 Å². The second-order valence-corrected chi connectivity index (χ2v) is 5.42. The third-order valence-corrected chi connectivity index (χ3v) is 4.00. The molecule has 2 unspecified atom stereocenters. The SMILES string of the molecule is CNC(CCC(C)N)c1cc(Br)cs1. The molecular weight excluding hydrogens is 260 g/mol. The van der Waals surface area contributed by atoms with Crippen LogP contribution >= 0.6 is 27.3 Å². The van der Waals surface area contributed by atoms with Crippen LogP contribution < -0.4 is 11.1 Å². The maximum atomic E-state index is 5.75. The van der Waals surface area contributed by atoms with Crippen molar-refractivity contribution in [3.05, 3.63) is 20.8 Å². The molecule has 0 aliphatic heterocycles. The number of nitrogens with one attached hydrogen (secondary N) is 1. The van der Waals surface area contributed by atoms with Gasteiger partial charge in [0, 0.05) is 26.8 Å². The van der Waals surface area contributed by atoms with Crippen molar-refractivity contribution in [2.75, 3.05) is 7.05 Å². The van der Waals surface area contributed by atoms with Crippen LogP contribution in [-0.2, 0) is 0 Å². The molecule has 80 valence electrons. The Labute approximate surface area is 98.0 Å². The van der Waals surface area contributed by atoms with E-state index in [1.807, 2.05) is 7.05 Å². The molecule has 0 saturated carbocycles. The van der Waals surface area contributed by atoms with Crippen LogP contribution in [0, 0.1) is 0 Å². The number of nitrogens with two attached hydrogens (primary N) is 1. The Morgan fingerprint density at radius 1 is 1.57 bits per heavy atom. The Bertz CT molecular complexity index is 273. The van der Waals surface area contributed by atoms with Gasteiger partial charge in [-0.1, -0.05) is 0 Å². The summed E-state index contributed by atoms with van der Waals surface area (Å²) in [5, 5.41) is 5.44. The molecule has 0 aliphatic rings. The van der Waals surface area contributed by atoms with Gasteiger partial charge >= 0.3 is 0 Å². The van der Waals surface area contributed by atoms with E-state index >= 15 is 0 Å². The molecule has 0 fully saturated rings. The molecule has 0 amide bonds. The lowest BCUT2D eigenvalue weighted by Crippen LogP contribution is -2.20. The first kappa shape index (κ1) is 12.2. The van der Waals surface area contributed by atoms with Crippen LogP contribution in [0.1, 0.15) is 30.7 Å². The molecule has 0 aromatic carbocycles. The van der Waals surface area contributed by atoms with Crippen molar-refractivity contribution >= 4 is 27.3 Å². The highest BCUT2D eigenvalue weighted by Crippen LogP contribution is 2.28. The van der Waals surface area contributed by atoms with E-state index in [9.17, 15) is 0 Å². The molecule has 1 aromatic rings. The number of rotatable bonds is 5. The molecule has 4 heteroatoms. The number of hydrogen-bond acceptors (Lipinski definition) is 3. The highest BCUT2D eigenvalue weighted by Gasteiger charge is 2.11. The fourth-order valence-electron chi connectivity index (χ4n) is 1.37. The first-order valence-corrected chi connectivity index (χ1v) is 6.47. The van der Waals surface area contributed by atoms with Gasteiger partial charge < -0.3 is 11.1 Å². The van der Waals surface area contributed by atoms with E-state index in [4.69, 9.17) is 5.73 Å². The van der Waals surface area contributed by atoms with Gasteiger partial charge in [-0.3, -0.25) is 0 Å². The zero-order valence-electron chi connectivity index (χ0n) is 8.59. The molecular formula is C10H17BrN2S. The fraction of sp³-hybridized carbons (Fsp3) is 0.600. The van der Waals surface area contributed by atoms with Gasteiger partial charge in [0.1, 0.15) is 0 Å². The first-order valence-electron chi connectivity index (χ1n) is 4.80. The molecule has 3 N–H and O–H groups in total. The largest absolute Gasteiger partial charge is 0.328 e. The Hall–Kier alpha value is 0.1000. The van der Waals surface area contributed by atoms with Crippen LogP contribution in [0.4, 0.5) is 0 Å². The average Bonchev–Trinajstić information content (AvgIpc) is 2.53. The van der Waals surface area contributed by atoms with E-state index in [1.165, 1.54) is 9.35 Å². The van der Waals surface area contributed by atoms with E-state index in [0.29, 0.717) is 6.04 Å². The van der Waals surface area contributed by atoms with Crippen molar-refractivity contribution in [2.45, 2.75) is 31.8 Å². The molecule has 2 atom stereocenters. The van der Waals surface area contributed by atoms with Crippen molar-refractivity contribution in [3.63, 3.8) is 0 Å². The third kappa shape index (κ3) is 3.69. The van der Waals surface area contributed by atoms with Crippen LogP contribution in [0.2, 0.25) is 0 Å². The minimum absolute atomic E-state index is 0.286. The zero-order valence-corrected chi connectivity index (χ0v) is 11.0. The Morgan fingerprint density at radius 3 is 2.71 bits per heavy atom. The van der Waals surface area contributed by atoms with Crippen molar-refractivity contribution in [2.24, 2.45) is 5.73 Å². The Kier molecular flexibility index (Phi) is 5.09. The normalized spacial score (nSPS) is 15.4. The quantitative estimate of drug-likeness (QED) is 0.868. The number of halogens is 1. The zero-order chi connectivity index (χ0) is 10.6. The van der Waals surface area contributed by atoms with Gasteiger partial charge in [0.05, 0.1) is 0 Å². The van der Waals surface area contributed by atoms with E-state index in [2.05, 4.69) is 39.6 Å². The van der Waals surface area contributed by atoms with Gasteiger partial charge in [0.15, 0.2) is 0 Å². The summed E-state index contributed by atoms with van der Waals surface area (Å²) in [6.07, 6.45) is 2.15. The van der Waals surface area contributed by atoms with Crippen molar-refractivity contribution in [1.29, 1.82) is 0 Å². The van der Waals surface area contributed by atoms with Crippen molar-refractivity contribution < 1.29 is 0 Å². The molecule has 1 aromatic heterocycles. The summed E-state index contributed by atoms with van der Waals surface area (Å²) in [4.78, 5) is 1.38. The second kappa shape index (κ2) is 5.85. The van der Waals surface area contributed by atoms with Crippen LogP contribution in [0.25, 0.3) is 0 Å². The highest BCUT2D eigenvalue weighted by atomic mass is 79.9. The first-order chi connectivity index (χ1) is 6.63. The second-order valence-electron chi connectivity index (χ2n) is 3.56. The van der Waals surface area contributed by atoms with Crippen molar-refractivity contribution in [1.82, 2.24) is 5.32 Å². The summed E-state index contributed by atoms with van der Waals surface area (Å²) in [5.41, 5.74) is 5.75. The molecule has 0 aliphatic carbocycles. The van der Waals surface area contributed by atoms with Gasteiger partial charge in [0.25, 0.3) is 0 Å². The smallest absolute Gasteiger partial charge is 0.0413 e. The number of thiophene rings is 1. The molecule has 0 radical (unpaired) electrons. The van der Waals surface area contributed by atoms with E-state index in [-0.39, 0.29) is 6.04 Å². The lowest BCUT2D eigenvalue weighted by Gasteiger charge is -2.15. The van der Waals surface area contributed by atoms with Gasteiger partial charge in [-0.05, 0) is 48.8 Å². The minimum atomic E-state index is 0.286. The predicted octanol–water partition coefficient (Wildman–Crippen LogP) is 2.90. The average molecular weight is 277 g/mol. The molecule has 0 saturated heterocycles. The lowest BCUT2D eigenvalue weighted by atomic mass is 10.1. The van der Waals surface area contributed by atoms with E-state index in [0.717, 1.165) is 12.8 Å². The number of hydrogen-bond donors (Lipinski definition) is 2. The Morgan fingerprint density at radius 2 is 2.29 bits per heavy atom. The van der Waals surface area contributed by atoms with Crippen LogP contribution in [-0.4, -0.2) is 13.1 Å². The molecule has 14 heavy (non-hydrogen) atoms. The summed E-state index contributed by atoms with van der Waals surface area (Å²) in [6.45, 7) is 2.05. The van der Waals surface area contributed by atoms with Crippen molar-refractivity contribution in [3.8, 4) is 0 Å². The minimum Gasteiger partial charge on any atom is -0.328 e. The topological polar surface area (TPSA) is 38.0 Å². The summed E-state index contributed by atoms with van der Waals surface area (Å²) in [7, 11) is 2.00.